The topological polar surface area (TPSA) is 108 Å². The molecule has 318 valence electrons. The van der Waals surface area contributed by atoms with Gasteiger partial charge in [-0.05, 0) is 83.5 Å². The van der Waals surface area contributed by atoms with E-state index in [4.69, 9.17) is 9.05 Å². The molecule has 2 N–H and O–H groups in total. The molecular formula is C47H79N2O6P. The molecule has 56 heavy (non-hydrogen) atoms. The highest BCUT2D eigenvalue weighted by Crippen LogP contribution is 2.38. The molecule has 0 aromatic carbocycles. The maximum absolute atomic E-state index is 12.8. The number of unbranched alkanes of at least 4 members (excludes halogenated alkanes) is 7. The molecule has 0 aliphatic heterocycles. The molecular weight excluding hydrogens is 719 g/mol. The largest absolute Gasteiger partial charge is 0.756 e. The first-order valence-corrected chi connectivity index (χ1v) is 22.7. The lowest BCUT2D eigenvalue weighted by Gasteiger charge is -2.29. The van der Waals surface area contributed by atoms with E-state index in [2.05, 4.69) is 116 Å². The van der Waals surface area contributed by atoms with E-state index in [1.54, 1.807) is 6.08 Å². The Bertz CT molecular complexity index is 1270. The number of phosphoric acid groups is 1. The van der Waals surface area contributed by atoms with Gasteiger partial charge in [0.2, 0.25) is 5.91 Å². The van der Waals surface area contributed by atoms with Crippen molar-refractivity contribution in [2.24, 2.45) is 0 Å². The molecule has 0 heterocycles. The summed E-state index contributed by atoms with van der Waals surface area (Å²) in [5.41, 5.74) is 0. The van der Waals surface area contributed by atoms with Crippen molar-refractivity contribution in [3.8, 4) is 0 Å². The number of rotatable bonds is 36. The average Bonchev–Trinajstić information content (AvgIpc) is 3.15. The predicted molar refractivity (Wildman–Crippen MR) is 237 cm³/mol. The van der Waals surface area contributed by atoms with Crippen molar-refractivity contribution < 1.29 is 32.9 Å². The smallest absolute Gasteiger partial charge is 0.268 e. The predicted octanol–water partition coefficient (Wildman–Crippen LogP) is 11.1. The van der Waals surface area contributed by atoms with E-state index < -0.39 is 26.6 Å². The second-order valence-corrected chi connectivity index (χ2v) is 16.4. The van der Waals surface area contributed by atoms with E-state index in [0.29, 0.717) is 17.4 Å². The Morgan fingerprint density at radius 1 is 0.643 bits per heavy atom. The van der Waals surface area contributed by atoms with E-state index in [1.807, 2.05) is 27.2 Å². The maximum Gasteiger partial charge on any atom is 0.268 e. The minimum Gasteiger partial charge on any atom is -0.756 e. The van der Waals surface area contributed by atoms with Crippen LogP contribution in [0.4, 0.5) is 0 Å². The molecule has 3 unspecified atom stereocenters. The second kappa shape index (κ2) is 37.7. The van der Waals surface area contributed by atoms with Gasteiger partial charge >= 0.3 is 0 Å². The number of nitrogens with one attached hydrogen (secondary N) is 1. The van der Waals surface area contributed by atoms with Crippen LogP contribution in [0.2, 0.25) is 0 Å². The van der Waals surface area contributed by atoms with Gasteiger partial charge in [0.05, 0.1) is 39.9 Å². The van der Waals surface area contributed by atoms with Crippen LogP contribution in [0.3, 0.4) is 0 Å². The van der Waals surface area contributed by atoms with E-state index in [1.165, 1.54) is 32.1 Å². The number of quaternary nitrogens is 1. The Hall–Kier alpha value is -2.84. The quantitative estimate of drug-likeness (QED) is 0.0283. The third-order valence-electron chi connectivity index (χ3n) is 8.47. The summed E-state index contributed by atoms with van der Waals surface area (Å²) >= 11 is 0. The van der Waals surface area contributed by atoms with Crippen molar-refractivity contribution in [2.45, 2.75) is 142 Å². The zero-order valence-corrected chi connectivity index (χ0v) is 36.7. The van der Waals surface area contributed by atoms with Gasteiger partial charge in [-0.25, -0.2) is 0 Å². The number of aliphatic hydroxyl groups is 1. The lowest BCUT2D eigenvalue weighted by molar-refractivity contribution is -0.870. The minimum absolute atomic E-state index is 0.0242. The van der Waals surface area contributed by atoms with E-state index in [9.17, 15) is 19.4 Å². The van der Waals surface area contributed by atoms with Crippen LogP contribution in [0.25, 0.3) is 0 Å². The normalized spacial score (nSPS) is 15.5. The van der Waals surface area contributed by atoms with Gasteiger partial charge in [0.1, 0.15) is 13.2 Å². The van der Waals surface area contributed by atoms with Crippen LogP contribution in [-0.2, 0) is 18.4 Å². The molecule has 0 rings (SSSR count). The molecule has 0 saturated heterocycles. The third-order valence-corrected chi connectivity index (χ3v) is 9.43. The molecule has 0 aliphatic rings. The van der Waals surface area contributed by atoms with Gasteiger partial charge in [-0.3, -0.25) is 9.36 Å². The van der Waals surface area contributed by atoms with E-state index in [-0.39, 0.29) is 18.9 Å². The van der Waals surface area contributed by atoms with Gasteiger partial charge in [-0.2, -0.15) is 0 Å². The first-order valence-electron chi connectivity index (χ1n) is 21.2. The number of carbonyl (C=O) groups excluding carboxylic acids is 1. The monoisotopic (exact) mass is 799 g/mol. The molecule has 0 aliphatic carbocycles. The van der Waals surface area contributed by atoms with Crippen molar-refractivity contribution >= 4 is 13.7 Å². The summed E-state index contributed by atoms with van der Waals surface area (Å²) in [7, 11) is 1.18. The van der Waals surface area contributed by atoms with Crippen LogP contribution in [0.1, 0.15) is 129 Å². The first kappa shape index (κ1) is 53.2. The number of amides is 1. The van der Waals surface area contributed by atoms with Crippen LogP contribution in [0.15, 0.2) is 109 Å². The summed E-state index contributed by atoms with van der Waals surface area (Å²) in [6, 6.07) is -0.940. The Kier molecular flexibility index (Phi) is 35.8. The number of likely N-dealkylation sites (N-methyl/N-ethyl adjacent to an activating group) is 1. The van der Waals surface area contributed by atoms with E-state index >= 15 is 0 Å². The number of aliphatic hydroxyl groups excluding tert-OH is 1. The molecule has 0 bridgehead atoms. The molecule has 0 saturated carbocycles. The molecule has 0 aromatic heterocycles. The number of hydrogen-bond acceptors (Lipinski definition) is 6. The molecule has 3 atom stereocenters. The summed E-state index contributed by atoms with van der Waals surface area (Å²) in [6.07, 6.45) is 54.4. The number of nitrogens with zero attached hydrogens (tertiary/aromatic N) is 1. The fourth-order valence-corrected chi connectivity index (χ4v) is 5.82. The van der Waals surface area contributed by atoms with Crippen molar-refractivity contribution in [1.29, 1.82) is 0 Å². The molecule has 0 spiro atoms. The lowest BCUT2D eigenvalue weighted by Crippen LogP contribution is -2.45. The summed E-state index contributed by atoms with van der Waals surface area (Å²) in [6.45, 7) is 4.39. The Morgan fingerprint density at radius 3 is 1.64 bits per heavy atom. The van der Waals surface area contributed by atoms with Gasteiger partial charge in [0, 0.05) is 6.42 Å². The van der Waals surface area contributed by atoms with Crippen molar-refractivity contribution in [2.75, 3.05) is 40.9 Å². The summed E-state index contributed by atoms with van der Waals surface area (Å²) in [4.78, 5) is 25.2. The number of hydrogen-bond donors (Lipinski definition) is 2. The zero-order valence-electron chi connectivity index (χ0n) is 35.8. The van der Waals surface area contributed by atoms with Crippen LogP contribution in [-0.4, -0.2) is 68.5 Å². The highest BCUT2D eigenvalue weighted by molar-refractivity contribution is 7.45. The summed E-state index contributed by atoms with van der Waals surface area (Å²) in [5, 5.41) is 13.6. The standard InChI is InChI=1S/C47H79N2O6P/c1-6-8-10-12-14-16-18-19-20-21-22-23-24-25-26-27-28-29-31-33-35-37-39-41-47(51)48-45(44-55-56(52,53)54-43-42-49(3,4)5)46(50)40-38-36-34-32-30-17-15-13-11-9-7-2/h8,10,14,16,19-20,22-23,25-26,28-30,32-33,35,38,40,45-46,50H,6-7,9,11-13,15,17-18,21,24,27,31,34,36-37,39,41-44H2,1-5H3,(H-,48,51,52,53)/b10-8-,16-14-,20-19-,23-22-,26-25-,29-28-,32-30+,35-33-,40-38+. The molecule has 0 radical (unpaired) electrons. The third kappa shape index (κ3) is 39.4. The lowest BCUT2D eigenvalue weighted by atomic mass is 10.1. The number of carbonyl (C=O) groups is 1. The zero-order chi connectivity index (χ0) is 41.4. The van der Waals surface area contributed by atoms with Crippen molar-refractivity contribution in [3.05, 3.63) is 109 Å². The van der Waals surface area contributed by atoms with E-state index in [0.717, 1.165) is 70.6 Å². The van der Waals surface area contributed by atoms with Crippen LogP contribution < -0.4 is 10.2 Å². The highest BCUT2D eigenvalue weighted by atomic mass is 31.2. The molecule has 0 aromatic rings. The Morgan fingerprint density at radius 2 is 1.11 bits per heavy atom. The minimum atomic E-state index is -4.61. The first-order chi connectivity index (χ1) is 27.0. The fraction of sp³-hybridized carbons (Fsp3) is 0.596. The summed E-state index contributed by atoms with van der Waals surface area (Å²) < 4.78 is 23.1. The Labute approximate surface area is 342 Å². The van der Waals surface area contributed by atoms with Gasteiger partial charge in [0.25, 0.3) is 7.82 Å². The van der Waals surface area contributed by atoms with Gasteiger partial charge in [-0.15, -0.1) is 0 Å². The molecule has 0 fully saturated rings. The fourth-order valence-electron chi connectivity index (χ4n) is 5.09. The molecule has 9 heteroatoms. The maximum atomic E-state index is 12.8. The van der Waals surface area contributed by atoms with Crippen LogP contribution in [0.5, 0.6) is 0 Å². The van der Waals surface area contributed by atoms with Gasteiger partial charge in [0.15, 0.2) is 0 Å². The second-order valence-electron chi connectivity index (χ2n) is 14.9. The van der Waals surface area contributed by atoms with Crippen LogP contribution >= 0.6 is 7.82 Å². The van der Waals surface area contributed by atoms with Crippen LogP contribution in [0, 0.1) is 0 Å². The van der Waals surface area contributed by atoms with Gasteiger partial charge < -0.3 is 28.8 Å². The number of allylic oxidation sites excluding steroid dienone is 17. The van der Waals surface area contributed by atoms with Crippen molar-refractivity contribution in [1.82, 2.24) is 5.32 Å². The molecule has 8 nitrogen and oxygen atoms in total. The van der Waals surface area contributed by atoms with Crippen molar-refractivity contribution in [3.63, 3.8) is 0 Å². The highest BCUT2D eigenvalue weighted by Gasteiger charge is 2.23. The van der Waals surface area contributed by atoms with Gasteiger partial charge in [-0.1, -0.05) is 149 Å². The average molecular weight is 799 g/mol. The number of phosphoric ester groups is 1. The molecule has 1 amide bonds. The summed E-state index contributed by atoms with van der Waals surface area (Å²) in [5.74, 6) is -0.273. The Balaban J connectivity index is 4.57. The SMILES string of the molecule is CC/C=C\C/C=C\C/C=C\C/C=C\C/C=C\C/C=C\C/C=C\CCCC(=O)NC(COP(=O)([O-])OCC[N+](C)(C)C)C(O)/C=C/CC/C=C/CCCCCCC.